The van der Waals surface area contributed by atoms with Crippen LogP contribution in [0.25, 0.3) is 0 Å². The fraction of sp³-hybridized carbons (Fsp3) is 0.684. The lowest BCUT2D eigenvalue weighted by Crippen LogP contribution is -2.53. The molecule has 154 valence electrons. The monoisotopic (exact) mass is 420 g/mol. The molecule has 5 nitrogen and oxygen atoms in total. The molecule has 0 aromatic heterocycles. The zero-order valence-electron chi connectivity index (χ0n) is 16.0. The number of rotatable bonds is 5. The van der Waals surface area contributed by atoms with Crippen molar-refractivity contribution in [2.45, 2.75) is 49.6 Å². The van der Waals surface area contributed by atoms with E-state index in [-0.39, 0.29) is 23.1 Å². The minimum Gasteiger partial charge on any atom is -0.490 e. The zero-order chi connectivity index (χ0) is 18.7. The van der Waals surface area contributed by atoms with Gasteiger partial charge in [-0.3, -0.25) is 4.90 Å². The molecule has 1 aromatic rings. The fourth-order valence-electron chi connectivity index (χ4n) is 4.01. The zero-order valence-corrected chi connectivity index (χ0v) is 17.6. The molecule has 1 aromatic carbocycles. The molecule has 0 bridgehead atoms. The molecule has 1 aliphatic heterocycles. The van der Waals surface area contributed by atoms with Crippen LogP contribution in [0.2, 0.25) is 0 Å². The first-order valence-corrected chi connectivity index (χ1v) is 11.3. The third-order valence-electron chi connectivity index (χ3n) is 5.54. The highest BCUT2D eigenvalue weighted by Gasteiger charge is 2.28. The van der Waals surface area contributed by atoms with Gasteiger partial charge in [-0.2, -0.15) is 0 Å². The van der Waals surface area contributed by atoms with Gasteiger partial charge in [0, 0.05) is 38.0 Å². The number of piperazine rings is 1. The minimum absolute atomic E-state index is 0. The van der Waals surface area contributed by atoms with Crippen LogP contribution in [0.15, 0.2) is 23.1 Å². The lowest BCUT2D eigenvalue weighted by atomic mass is 9.85. The van der Waals surface area contributed by atoms with Crippen LogP contribution in [0.1, 0.15) is 32.6 Å². The Morgan fingerprint density at radius 3 is 2.56 bits per heavy atom. The van der Waals surface area contributed by atoms with Gasteiger partial charge in [-0.05, 0) is 56.7 Å². The predicted octanol–water partition coefficient (Wildman–Crippen LogP) is 2.88. The van der Waals surface area contributed by atoms with E-state index in [4.69, 9.17) is 4.74 Å². The van der Waals surface area contributed by atoms with Gasteiger partial charge in [-0.1, -0.05) is 0 Å². The lowest BCUT2D eigenvalue weighted by molar-refractivity contribution is 0.0923. The molecule has 2 fully saturated rings. The van der Waals surface area contributed by atoms with Gasteiger partial charge in [-0.15, -0.1) is 12.4 Å². The summed E-state index contributed by atoms with van der Waals surface area (Å²) in [4.78, 5) is 2.58. The van der Waals surface area contributed by atoms with Gasteiger partial charge in [0.1, 0.15) is 0 Å². The Labute approximate surface area is 168 Å². The second-order valence-electron chi connectivity index (χ2n) is 7.70. The number of halogens is 2. The standard InChI is InChI=1S/C19H29FN2O3S.ClH/c1-14-12-22(10-9-21-14)16-5-3-15(4-6-16)13-25-19-8-7-17(11-18(19)20)26(2,23)24;/h7-8,11,14-16,21H,3-6,9-10,12-13H2,1-2H3;1H/t14-,15-,16-;/m0./s1. The number of nitrogens with one attached hydrogen (secondary N) is 1. The molecule has 0 amide bonds. The van der Waals surface area contributed by atoms with Crippen molar-refractivity contribution in [3.8, 4) is 5.75 Å². The summed E-state index contributed by atoms with van der Waals surface area (Å²) in [5, 5.41) is 3.48. The molecular formula is C19H30ClFN2O3S. The second kappa shape index (κ2) is 9.54. The van der Waals surface area contributed by atoms with Gasteiger partial charge in [-0.25, -0.2) is 12.8 Å². The second-order valence-corrected chi connectivity index (χ2v) is 9.72. The molecule has 0 spiro atoms. The normalized spacial score (nSPS) is 27.0. The number of sulfone groups is 1. The van der Waals surface area contributed by atoms with Crippen molar-refractivity contribution in [1.29, 1.82) is 0 Å². The van der Waals surface area contributed by atoms with E-state index in [2.05, 4.69) is 17.1 Å². The average Bonchev–Trinajstić information content (AvgIpc) is 2.60. The highest BCUT2D eigenvalue weighted by atomic mass is 35.5. The molecule has 1 atom stereocenters. The maximum atomic E-state index is 14.1. The van der Waals surface area contributed by atoms with Crippen molar-refractivity contribution in [3.63, 3.8) is 0 Å². The number of hydrogen-bond donors (Lipinski definition) is 1. The van der Waals surface area contributed by atoms with Crippen LogP contribution in [0.3, 0.4) is 0 Å². The number of hydrogen-bond acceptors (Lipinski definition) is 5. The first-order valence-electron chi connectivity index (χ1n) is 9.43. The molecule has 0 unspecified atom stereocenters. The topological polar surface area (TPSA) is 58.6 Å². The molecule has 2 aliphatic rings. The van der Waals surface area contributed by atoms with E-state index >= 15 is 0 Å². The Bertz CT molecular complexity index is 724. The van der Waals surface area contributed by atoms with Crippen LogP contribution >= 0.6 is 12.4 Å². The van der Waals surface area contributed by atoms with Gasteiger partial charge in [0.25, 0.3) is 0 Å². The summed E-state index contributed by atoms with van der Waals surface area (Å²) in [7, 11) is -3.40. The maximum Gasteiger partial charge on any atom is 0.175 e. The summed E-state index contributed by atoms with van der Waals surface area (Å²) < 4.78 is 42.7. The summed E-state index contributed by atoms with van der Waals surface area (Å²) in [5.41, 5.74) is 0. The first-order chi connectivity index (χ1) is 12.3. The van der Waals surface area contributed by atoms with Crippen molar-refractivity contribution in [1.82, 2.24) is 10.2 Å². The fourth-order valence-corrected chi connectivity index (χ4v) is 4.64. The number of benzene rings is 1. The third kappa shape index (κ3) is 6.04. The summed E-state index contributed by atoms with van der Waals surface area (Å²) >= 11 is 0. The highest BCUT2D eigenvalue weighted by molar-refractivity contribution is 7.90. The molecule has 0 radical (unpaired) electrons. The maximum absolute atomic E-state index is 14.1. The highest BCUT2D eigenvalue weighted by Crippen LogP contribution is 2.29. The van der Waals surface area contributed by atoms with Gasteiger partial charge in [0.05, 0.1) is 11.5 Å². The number of nitrogens with zero attached hydrogens (tertiary/aromatic N) is 1. The van der Waals surface area contributed by atoms with Gasteiger partial charge in [0.2, 0.25) is 0 Å². The first kappa shape index (κ1) is 22.4. The Morgan fingerprint density at radius 1 is 1.26 bits per heavy atom. The Kier molecular flexibility index (Phi) is 7.92. The quantitative estimate of drug-likeness (QED) is 0.793. The third-order valence-corrected chi connectivity index (χ3v) is 6.65. The van der Waals surface area contributed by atoms with Crippen molar-refractivity contribution in [3.05, 3.63) is 24.0 Å². The molecule has 1 aliphatic carbocycles. The largest absolute Gasteiger partial charge is 0.490 e. The van der Waals surface area contributed by atoms with Crippen LogP contribution in [0.4, 0.5) is 4.39 Å². The van der Waals surface area contributed by atoms with Crippen LogP contribution in [-0.4, -0.2) is 57.9 Å². The van der Waals surface area contributed by atoms with E-state index in [1.54, 1.807) is 0 Å². The predicted molar refractivity (Wildman–Crippen MR) is 107 cm³/mol. The van der Waals surface area contributed by atoms with E-state index in [1.165, 1.54) is 12.1 Å². The Balaban J connectivity index is 0.00000261. The van der Waals surface area contributed by atoms with E-state index in [9.17, 15) is 12.8 Å². The van der Waals surface area contributed by atoms with E-state index in [1.807, 2.05) is 0 Å². The lowest BCUT2D eigenvalue weighted by Gasteiger charge is -2.41. The smallest absolute Gasteiger partial charge is 0.175 e. The molecule has 1 saturated heterocycles. The van der Waals surface area contributed by atoms with E-state index in [0.29, 0.717) is 24.6 Å². The Morgan fingerprint density at radius 2 is 1.96 bits per heavy atom. The van der Waals surface area contributed by atoms with Crippen LogP contribution in [0, 0.1) is 11.7 Å². The van der Waals surface area contributed by atoms with Crippen LogP contribution < -0.4 is 10.1 Å². The van der Waals surface area contributed by atoms with Crippen molar-refractivity contribution in [2.75, 3.05) is 32.5 Å². The number of ether oxygens (including phenoxy) is 1. The minimum atomic E-state index is -3.40. The summed E-state index contributed by atoms with van der Waals surface area (Å²) in [6.07, 6.45) is 5.57. The molecule has 27 heavy (non-hydrogen) atoms. The Hall–Kier alpha value is -0.890. The molecule has 8 heteroatoms. The summed E-state index contributed by atoms with van der Waals surface area (Å²) in [5.74, 6) is -0.0487. The van der Waals surface area contributed by atoms with Crippen LogP contribution in [-0.2, 0) is 9.84 Å². The van der Waals surface area contributed by atoms with Crippen molar-refractivity contribution in [2.24, 2.45) is 5.92 Å². The van der Waals surface area contributed by atoms with E-state index < -0.39 is 15.7 Å². The summed E-state index contributed by atoms with van der Waals surface area (Å²) in [6, 6.07) is 5.06. The molecular weight excluding hydrogens is 391 g/mol. The summed E-state index contributed by atoms with van der Waals surface area (Å²) in [6.45, 7) is 6.01. The van der Waals surface area contributed by atoms with Crippen LogP contribution in [0.5, 0.6) is 5.75 Å². The molecule has 3 rings (SSSR count). The van der Waals surface area contributed by atoms with Gasteiger partial charge < -0.3 is 10.1 Å². The van der Waals surface area contributed by atoms with Crippen molar-refractivity contribution < 1.29 is 17.5 Å². The SMILES string of the molecule is C[C@H]1CN([C@H]2CC[C@H](COc3ccc(S(C)(=O)=O)cc3F)CC2)CCN1.Cl. The molecule has 1 heterocycles. The van der Waals surface area contributed by atoms with Crippen molar-refractivity contribution >= 4 is 22.2 Å². The van der Waals surface area contributed by atoms with E-state index in [0.717, 1.165) is 57.6 Å². The average molecular weight is 421 g/mol. The molecule has 1 saturated carbocycles. The van der Waals surface area contributed by atoms with Gasteiger partial charge >= 0.3 is 0 Å². The van der Waals surface area contributed by atoms with Gasteiger partial charge in [0.15, 0.2) is 21.4 Å². The molecule has 1 N–H and O–H groups in total.